The van der Waals surface area contributed by atoms with E-state index in [0.29, 0.717) is 17.9 Å². The molecule has 1 aliphatic heterocycles. The van der Waals surface area contributed by atoms with E-state index in [-0.39, 0.29) is 18.6 Å². The maximum absolute atomic E-state index is 12.4. The van der Waals surface area contributed by atoms with Crippen molar-refractivity contribution >= 4 is 0 Å². The summed E-state index contributed by atoms with van der Waals surface area (Å²) in [6.07, 6.45) is -0.864. The van der Waals surface area contributed by atoms with Gasteiger partial charge in [0.1, 0.15) is 24.7 Å². The van der Waals surface area contributed by atoms with Crippen LogP contribution in [0, 0.1) is 0 Å². The first-order chi connectivity index (χ1) is 14.5. The van der Waals surface area contributed by atoms with Gasteiger partial charge >= 0.3 is 5.69 Å². The number of aromatic nitrogens is 2. The Labute approximate surface area is 172 Å². The molecule has 0 radical (unpaired) electrons. The lowest BCUT2D eigenvalue weighted by Gasteiger charge is -2.15. The van der Waals surface area contributed by atoms with Gasteiger partial charge in [-0.2, -0.15) is 0 Å². The molecule has 1 aromatic heterocycles. The second-order valence-corrected chi connectivity index (χ2v) is 7.12. The molecule has 4 rings (SSSR count). The number of nitrogens with one attached hydrogen (secondary N) is 1. The van der Waals surface area contributed by atoms with E-state index in [1.54, 1.807) is 24.3 Å². The maximum Gasteiger partial charge on any atom is 0.330 e. The summed E-state index contributed by atoms with van der Waals surface area (Å²) in [4.78, 5) is 26.9. The first-order valence-electron chi connectivity index (χ1n) is 9.62. The number of benzene rings is 2. The zero-order valence-corrected chi connectivity index (χ0v) is 16.1. The zero-order chi connectivity index (χ0) is 21.1. The highest BCUT2D eigenvalue weighted by molar-refractivity contribution is 5.62. The molecule has 1 saturated heterocycles. The van der Waals surface area contributed by atoms with Gasteiger partial charge in [-0.15, -0.1) is 0 Å². The van der Waals surface area contributed by atoms with Gasteiger partial charge in [0.05, 0.1) is 18.3 Å². The smallest absolute Gasteiger partial charge is 0.330 e. The predicted octanol–water partition coefficient (Wildman–Crippen LogP) is 1.42. The number of aromatic amines is 1. The summed E-state index contributed by atoms with van der Waals surface area (Å²) in [5, 5.41) is 19.2. The van der Waals surface area contributed by atoms with Crippen LogP contribution >= 0.6 is 0 Å². The second-order valence-electron chi connectivity index (χ2n) is 7.12. The highest BCUT2D eigenvalue weighted by Crippen LogP contribution is 2.28. The van der Waals surface area contributed by atoms with Crippen LogP contribution in [0.5, 0.6) is 5.75 Å². The fraction of sp³-hybridized carbons (Fsp3) is 0.273. The molecule has 0 aliphatic carbocycles. The van der Waals surface area contributed by atoms with Gasteiger partial charge in [-0.25, -0.2) is 4.79 Å². The number of H-pyrrole nitrogens is 1. The van der Waals surface area contributed by atoms with Crippen LogP contribution in [-0.4, -0.2) is 38.6 Å². The van der Waals surface area contributed by atoms with E-state index in [2.05, 4.69) is 4.98 Å². The molecule has 0 bridgehead atoms. The fourth-order valence-electron chi connectivity index (χ4n) is 3.43. The average Bonchev–Trinajstić information content (AvgIpc) is 3.14. The minimum atomic E-state index is -0.886. The summed E-state index contributed by atoms with van der Waals surface area (Å²) in [5.41, 5.74) is 0.780. The molecule has 0 spiro atoms. The molecular weight excluding hydrogens is 388 g/mol. The van der Waals surface area contributed by atoms with Crippen LogP contribution in [-0.2, 0) is 11.3 Å². The molecule has 1 aliphatic rings. The van der Waals surface area contributed by atoms with Crippen molar-refractivity contribution in [3.63, 3.8) is 0 Å². The molecule has 0 unspecified atom stereocenters. The normalized spacial score (nSPS) is 20.9. The Morgan fingerprint density at radius 2 is 1.83 bits per heavy atom. The summed E-state index contributed by atoms with van der Waals surface area (Å²) >= 11 is 0. The van der Waals surface area contributed by atoms with Crippen LogP contribution in [0.4, 0.5) is 0 Å². The lowest BCUT2D eigenvalue weighted by molar-refractivity contribution is -0.0458. The second kappa shape index (κ2) is 8.66. The summed E-state index contributed by atoms with van der Waals surface area (Å²) < 4.78 is 12.5. The summed E-state index contributed by atoms with van der Waals surface area (Å²) in [7, 11) is 0. The zero-order valence-electron chi connectivity index (χ0n) is 16.1. The topological polar surface area (TPSA) is 114 Å². The van der Waals surface area contributed by atoms with E-state index in [9.17, 15) is 19.8 Å². The van der Waals surface area contributed by atoms with Gasteiger partial charge in [-0.3, -0.25) is 14.3 Å². The highest BCUT2D eigenvalue weighted by atomic mass is 16.5. The molecular formula is C22H22N2O6. The standard InChI is InChI=1S/C22H22N2O6/c25-12-19-18(26)10-20(30-19)24-11-17(21(27)23-22(24)28)15-6-8-16(9-7-15)29-13-14-4-2-1-3-5-14/h1-9,11,18-20,25-26H,10,12-13H2,(H,23,27,28)/t18-,19+,20+/m0/s1. The van der Waals surface area contributed by atoms with Gasteiger partial charge < -0.3 is 19.7 Å². The van der Waals surface area contributed by atoms with E-state index in [1.165, 1.54) is 10.8 Å². The van der Waals surface area contributed by atoms with E-state index >= 15 is 0 Å². The molecule has 3 atom stereocenters. The van der Waals surface area contributed by atoms with Crippen LogP contribution in [0.15, 0.2) is 70.4 Å². The third-order valence-electron chi connectivity index (χ3n) is 5.08. The van der Waals surface area contributed by atoms with Crippen molar-refractivity contribution in [3.05, 3.63) is 87.2 Å². The van der Waals surface area contributed by atoms with Crippen molar-refractivity contribution in [2.24, 2.45) is 0 Å². The Morgan fingerprint density at radius 3 is 2.50 bits per heavy atom. The average molecular weight is 410 g/mol. The summed E-state index contributed by atoms with van der Waals surface area (Å²) in [5.74, 6) is 0.653. The van der Waals surface area contributed by atoms with Gasteiger partial charge in [-0.1, -0.05) is 42.5 Å². The number of nitrogens with zero attached hydrogens (tertiary/aromatic N) is 1. The van der Waals surface area contributed by atoms with Crippen molar-refractivity contribution < 1.29 is 19.7 Å². The molecule has 3 aromatic rings. The van der Waals surface area contributed by atoms with E-state index < -0.39 is 29.7 Å². The molecule has 2 heterocycles. The van der Waals surface area contributed by atoms with Crippen molar-refractivity contribution in [1.82, 2.24) is 9.55 Å². The Bertz CT molecular complexity index is 1110. The van der Waals surface area contributed by atoms with Crippen molar-refractivity contribution in [2.45, 2.75) is 31.5 Å². The monoisotopic (exact) mass is 410 g/mol. The SMILES string of the molecule is O=c1[nH]c(=O)n([C@H]2C[C@H](O)[C@@H](CO)O2)cc1-c1ccc(OCc2ccccc2)cc1. The highest BCUT2D eigenvalue weighted by Gasteiger charge is 2.35. The van der Waals surface area contributed by atoms with E-state index in [4.69, 9.17) is 9.47 Å². The Balaban J connectivity index is 1.55. The molecule has 156 valence electrons. The minimum Gasteiger partial charge on any atom is -0.489 e. The van der Waals surface area contributed by atoms with Crippen LogP contribution in [0.2, 0.25) is 0 Å². The molecule has 0 amide bonds. The predicted molar refractivity (Wildman–Crippen MR) is 109 cm³/mol. The molecule has 30 heavy (non-hydrogen) atoms. The first-order valence-corrected chi connectivity index (χ1v) is 9.62. The number of rotatable bonds is 6. The first kappa shape index (κ1) is 20.1. The fourth-order valence-corrected chi connectivity index (χ4v) is 3.43. The third-order valence-corrected chi connectivity index (χ3v) is 5.08. The van der Waals surface area contributed by atoms with Crippen LogP contribution in [0.3, 0.4) is 0 Å². The summed E-state index contributed by atoms with van der Waals surface area (Å²) in [6, 6.07) is 16.8. The third kappa shape index (κ3) is 4.20. The molecule has 3 N–H and O–H groups in total. The van der Waals surface area contributed by atoms with E-state index in [0.717, 1.165) is 5.56 Å². The molecule has 8 nitrogen and oxygen atoms in total. The molecule has 1 fully saturated rings. The number of aliphatic hydroxyl groups is 2. The van der Waals surface area contributed by atoms with E-state index in [1.807, 2.05) is 30.3 Å². The van der Waals surface area contributed by atoms with Gasteiger partial charge in [0, 0.05) is 12.6 Å². The Morgan fingerprint density at radius 1 is 1.10 bits per heavy atom. The number of hydrogen-bond donors (Lipinski definition) is 3. The number of aliphatic hydroxyl groups excluding tert-OH is 2. The van der Waals surface area contributed by atoms with Crippen molar-refractivity contribution in [2.75, 3.05) is 6.61 Å². The molecule has 0 saturated carbocycles. The number of hydrogen-bond acceptors (Lipinski definition) is 6. The Hall–Kier alpha value is -3.20. The number of ether oxygens (including phenoxy) is 2. The molecule has 8 heteroatoms. The van der Waals surface area contributed by atoms with Gasteiger partial charge in [-0.05, 0) is 23.3 Å². The molecule has 2 aromatic carbocycles. The van der Waals surface area contributed by atoms with Crippen LogP contribution in [0.25, 0.3) is 11.1 Å². The van der Waals surface area contributed by atoms with Crippen LogP contribution in [0.1, 0.15) is 18.2 Å². The summed E-state index contributed by atoms with van der Waals surface area (Å²) in [6.45, 7) is 0.0755. The Kier molecular flexibility index (Phi) is 5.80. The minimum absolute atomic E-state index is 0.142. The van der Waals surface area contributed by atoms with Crippen molar-refractivity contribution in [3.8, 4) is 16.9 Å². The van der Waals surface area contributed by atoms with Gasteiger partial charge in [0.2, 0.25) is 0 Å². The van der Waals surface area contributed by atoms with Gasteiger partial charge in [0.25, 0.3) is 5.56 Å². The lowest BCUT2D eigenvalue weighted by Crippen LogP contribution is -2.33. The maximum atomic E-state index is 12.4. The van der Waals surface area contributed by atoms with Gasteiger partial charge in [0.15, 0.2) is 0 Å². The lowest BCUT2D eigenvalue weighted by atomic mass is 10.1. The van der Waals surface area contributed by atoms with Crippen LogP contribution < -0.4 is 16.0 Å². The quantitative estimate of drug-likeness (QED) is 0.566. The van der Waals surface area contributed by atoms with Crippen molar-refractivity contribution in [1.29, 1.82) is 0 Å². The largest absolute Gasteiger partial charge is 0.489 e.